The first-order chi connectivity index (χ1) is 8.06. The van der Waals surface area contributed by atoms with Crippen molar-refractivity contribution in [3.8, 4) is 0 Å². The van der Waals surface area contributed by atoms with Crippen LogP contribution in [0.15, 0.2) is 23.1 Å². The van der Waals surface area contributed by atoms with Gasteiger partial charge in [0.1, 0.15) is 0 Å². The molecule has 1 aromatic carbocycles. The first-order valence-electron chi connectivity index (χ1n) is 4.88. The zero-order valence-corrected chi connectivity index (χ0v) is 9.77. The number of nitrogens with zero attached hydrogens (tertiary/aromatic N) is 1. The topological polar surface area (TPSA) is 106 Å². The number of nitro groups is 1. The number of benzene rings is 1. The second kappa shape index (κ2) is 6.21. The van der Waals surface area contributed by atoms with Crippen LogP contribution in [0.5, 0.6) is 0 Å². The van der Waals surface area contributed by atoms with Crippen LogP contribution >= 0.6 is 11.8 Å². The van der Waals surface area contributed by atoms with Crippen molar-refractivity contribution in [2.24, 2.45) is 5.73 Å². The van der Waals surface area contributed by atoms with Crippen LogP contribution in [0.25, 0.3) is 0 Å². The number of thioether (sulfide) groups is 1. The van der Waals surface area contributed by atoms with E-state index in [4.69, 9.17) is 10.8 Å². The average molecular weight is 256 g/mol. The Labute approximate surface area is 102 Å². The summed E-state index contributed by atoms with van der Waals surface area (Å²) >= 11 is 1.22. The Balaban J connectivity index is 2.98. The molecule has 1 aromatic rings. The lowest BCUT2D eigenvalue weighted by molar-refractivity contribution is -0.387. The maximum Gasteiger partial charge on any atom is 0.282 e. The number of rotatable bonds is 6. The van der Waals surface area contributed by atoms with Crippen molar-refractivity contribution in [1.82, 2.24) is 0 Å². The van der Waals surface area contributed by atoms with Crippen LogP contribution in [0, 0.1) is 10.1 Å². The molecule has 0 fully saturated rings. The molecule has 0 unspecified atom stereocenters. The Morgan fingerprint density at radius 2 is 2.24 bits per heavy atom. The molecule has 1 rings (SSSR count). The third kappa shape index (κ3) is 3.72. The SMILES string of the molecule is NC(=O)c1ccc([N+](=O)[O-])c(SCCCO)c1. The Hall–Kier alpha value is -1.60. The van der Waals surface area contributed by atoms with E-state index in [9.17, 15) is 14.9 Å². The van der Waals surface area contributed by atoms with Crippen LogP contribution in [0.1, 0.15) is 16.8 Å². The van der Waals surface area contributed by atoms with E-state index >= 15 is 0 Å². The summed E-state index contributed by atoms with van der Waals surface area (Å²) in [5.74, 6) is -0.0802. The maximum absolute atomic E-state index is 11.0. The van der Waals surface area contributed by atoms with Gasteiger partial charge in [-0.2, -0.15) is 0 Å². The number of carbonyl (C=O) groups is 1. The predicted octanol–water partition coefficient (Wildman–Crippen LogP) is 1.17. The maximum atomic E-state index is 11.0. The van der Waals surface area contributed by atoms with Gasteiger partial charge in [-0.15, -0.1) is 11.8 Å². The summed E-state index contributed by atoms with van der Waals surface area (Å²) in [7, 11) is 0. The zero-order chi connectivity index (χ0) is 12.8. The molecule has 0 aliphatic carbocycles. The third-order valence-electron chi connectivity index (χ3n) is 2.00. The minimum atomic E-state index is -0.621. The van der Waals surface area contributed by atoms with Crippen LogP contribution in [0.2, 0.25) is 0 Å². The number of nitro benzene ring substituents is 1. The van der Waals surface area contributed by atoms with Crippen molar-refractivity contribution in [1.29, 1.82) is 0 Å². The molecule has 0 radical (unpaired) electrons. The van der Waals surface area contributed by atoms with Gasteiger partial charge in [-0.05, 0) is 18.6 Å². The molecule has 1 amide bonds. The van der Waals surface area contributed by atoms with E-state index in [0.717, 1.165) is 0 Å². The number of amides is 1. The summed E-state index contributed by atoms with van der Waals surface area (Å²) in [5.41, 5.74) is 5.29. The van der Waals surface area contributed by atoms with Gasteiger partial charge in [0.05, 0.1) is 9.82 Å². The lowest BCUT2D eigenvalue weighted by atomic mass is 10.2. The fourth-order valence-corrected chi connectivity index (χ4v) is 2.17. The molecule has 0 aliphatic heterocycles. The van der Waals surface area contributed by atoms with Crippen LogP contribution in [0.3, 0.4) is 0 Å². The molecule has 7 heteroatoms. The molecule has 0 spiro atoms. The van der Waals surface area contributed by atoms with E-state index in [1.807, 2.05) is 0 Å². The summed E-state index contributed by atoms with van der Waals surface area (Å²) < 4.78 is 0. The molecule has 0 saturated carbocycles. The van der Waals surface area contributed by atoms with Crippen molar-refractivity contribution in [3.05, 3.63) is 33.9 Å². The van der Waals surface area contributed by atoms with Gasteiger partial charge in [0.2, 0.25) is 5.91 Å². The standard InChI is InChI=1S/C10H12N2O4S/c11-10(14)7-2-3-8(12(15)16)9(6-7)17-5-1-4-13/h2-3,6,13H,1,4-5H2,(H2,11,14). The molecule has 0 bridgehead atoms. The summed E-state index contributed by atoms with van der Waals surface area (Å²) in [4.78, 5) is 21.6. The Kier molecular flexibility index (Phi) is 4.92. The van der Waals surface area contributed by atoms with Crippen LogP contribution in [0.4, 0.5) is 5.69 Å². The van der Waals surface area contributed by atoms with Crippen molar-refractivity contribution in [2.75, 3.05) is 12.4 Å². The second-order valence-electron chi connectivity index (χ2n) is 3.23. The highest BCUT2D eigenvalue weighted by Crippen LogP contribution is 2.30. The van der Waals surface area contributed by atoms with Gasteiger partial charge in [0, 0.05) is 24.0 Å². The van der Waals surface area contributed by atoms with Crippen LogP contribution in [-0.2, 0) is 0 Å². The van der Waals surface area contributed by atoms with E-state index in [1.54, 1.807) is 0 Å². The highest BCUT2D eigenvalue weighted by molar-refractivity contribution is 7.99. The van der Waals surface area contributed by atoms with Gasteiger partial charge in [0.15, 0.2) is 0 Å². The fourth-order valence-electron chi connectivity index (χ4n) is 1.18. The quantitative estimate of drug-likeness (QED) is 0.344. The first-order valence-corrected chi connectivity index (χ1v) is 5.86. The van der Waals surface area contributed by atoms with Gasteiger partial charge in [-0.1, -0.05) is 0 Å². The number of aliphatic hydroxyl groups is 1. The first kappa shape index (κ1) is 13.5. The average Bonchev–Trinajstić information content (AvgIpc) is 2.28. The molecule has 0 aliphatic rings. The number of hydrogen-bond donors (Lipinski definition) is 2. The number of hydrogen-bond acceptors (Lipinski definition) is 5. The van der Waals surface area contributed by atoms with E-state index < -0.39 is 10.8 Å². The zero-order valence-electron chi connectivity index (χ0n) is 8.96. The Morgan fingerprint density at radius 1 is 1.53 bits per heavy atom. The lowest BCUT2D eigenvalue weighted by Gasteiger charge is -2.03. The summed E-state index contributed by atoms with van der Waals surface area (Å²) in [6.07, 6.45) is 0.530. The number of nitrogens with two attached hydrogens (primary N) is 1. The van der Waals surface area contributed by atoms with Gasteiger partial charge < -0.3 is 10.8 Å². The van der Waals surface area contributed by atoms with Crippen molar-refractivity contribution >= 4 is 23.4 Å². The minimum Gasteiger partial charge on any atom is -0.396 e. The van der Waals surface area contributed by atoms with Crippen molar-refractivity contribution in [3.63, 3.8) is 0 Å². The summed E-state index contributed by atoms with van der Waals surface area (Å²) in [6.45, 7) is 0.0241. The number of aliphatic hydroxyl groups excluding tert-OH is 1. The van der Waals surface area contributed by atoms with Gasteiger partial charge >= 0.3 is 0 Å². The smallest absolute Gasteiger partial charge is 0.282 e. The largest absolute Gasteiger partial charge is 0.396 e. The van der Waals surface area contributed by atoms with Gasteiger partial charge in [0.25, 0.3) is 5.69 Å². The highest BCUT2D eigenvalue weighted by Gasteiger charge is 2.15. The minimum absolute atomic E-state index is 0.0241. The molecule has 6 nitrogen and oxygen atoms in total. The molecule has 17 heavy (non-hydrogen) atoms. The second-order valence-corrected chi connectivity index (χ2v) is 4.37. The molecular formula is C10H12N2O4S. The van der Waals surface area contributed by atoms with Gasteiger partial charge in [-0.3, -0.25) is 14.9 Å². The molecule has 0 heterocycles. The molecule has 3 N–H and O–H groups in total. The van der Waals surface area contributed by atoms with E-state index in [0.29, 0.717) is 17.1 Å². The molecule has 0 aromatic heterocycles. The van der Waals surface area contributed by atoms with Crippen LogP contribution < -0.4 is 5.73 Å². The Bertz CT molecular complexity index is 436. The van der Waals surface area contributed by atoms with Crippen molar-refractivity contribution < 1.29 is 14.8 Å². The summed E-state index contributed by atoms with van der Waals surface area (Å²) in [5, 5.41) is 19.4. The monoisotopic (exact) mass is 256 g/mol. The Morgan fingerprint density at radius 3 is 2.76 bits per heavy atom. The molecule has 92 valence electrons. The van der Waals surface area contributed by atoms with E-state index in [1.165, 1.54) is 30.0 Å². The van der Waals surface area contributed by atoms with Crippen LogP contribution in [-0.4, -0.2) is 28.3 Å². The van der Waals surface area contributed by atoms with E-state index in [-0.39, 0.29) is 17.9 Å². The third-order valence-corrected chi connectivity index (χ3v) is 3.13. The molecular weight excluding hydrogens is 244 g/mol. The fraction of sp³-hybridized carbons (Fsp3) is 0.300. The predicted molar refractivity (Wildman–Crippen MR) is 64.0 cm³/mol. The van der Waals surface area contributed by atoms with Crippen molar-refractivity contribution in [2.45, 2.75) is 11.3 Å². The number of carbonyl (C=O) groups excluding carboxylic acids is 1. The normalized spacial score (nSPS) is 10.2. The lowest BCUT2D eigenvalue weighted by Crippen LogP contribution is -2.11. The highest BCUT2D eigenvalue weighted by atomic mass is 32.2. The summed E-state index contributed by atoms with van der Waals surface area (Å²) in [6, 6.07) is 4.00. The van der Waals surface area contributed by atoms with E-state index in [2.05, 4.69) is 0 Å². The molecule has 0 saturated heterocycles. The molecule has 0 atom stereocenters. The number of primary amides is 1. The van der Waals surface area contributed by atoms with Gasteiger partial charge in [-0.25, -0.2) is 0 Å².